The lowest BCUT2D eigenvalue weighted by atomic mass is 9.85. The Hall–Kier alpha value is -1.02. The van der Waals surface area contributed by atoms with Crippen molar-refractivity contribution in [2.24, 2.45) is 0 Å². The molecule has 0 saturated heterocycles. The monoisotopic (exact) mass is 249 g/mol. The number of rotatable bonds is 5. The number of aryl methyl sites for hydroxylation is 1. The second kappa shape index (κ2) is 6.24. The maximum absolute atomic E-state index is 5.46. The van der Waals surface area contributed by atoms with E-state index in [1.807, 2.05) is 0 Å². The SMILES string of the molecule is COc1ccc(C(C)(C)C)cc1CCCN(C)C. The number of hydrogen-bond acceptors (Lipinski definition) is 2. The molecule has 0 aliphatic rings. The van der Waals surface area contributed by atoms with Crippen molar-refractivity contribution in [2.75, 3.05) is 27.7 Å². The summed E-state index contributed by atoms with van der Waals surface area (Å²) in [5, 5.41) is 0. The summed E-state index contributed by atoms with van der Waals surface area (Å²) >= 11 is 0. The van der Waals surface area contributed by atoms with E-state index in [9.17, 15) is 0 Å². The third kappa shape index (κ3) is 4.34. The van der Waals surface area contributed by atoms with Gasteiger partial charge in [-0.1, -0.05) is 32.9 Å². The van der Waals surface area contributed by atoms with Crippen molar-refractivity contribution >= 4 is 0 Å². The van der Waals surface area contributed by atoms with Gasteiger partial charge in [0.15, 0.2) is 0 Å². The second-order valence-corrected chi connectivity index (χ2v) is 6.18. The molecule has 18 heavy (non-hydrogen) atoms. The Morgan fingerprint density at radius 1 is 1.17 bits per heavy atom. The van der Waals surface area contributed by atoms with Gasteiger partial charge >= 0.3 is 0 Å². The van der Waals surface area contributed by atoms with Crippen molar-refractivity contribution in [1.82, 2.24) is 4.90 Å². The predicted octanol–water partition coefficient (Wildman–Crippen LogP) is 3.49. The lowest BCUT2D eigenvalue weighted by molar-refractivity contribution is 0.390. The minimum Gasteiger partial charge on any atom is -0.496 e. The summed E-state index contributed by atoms with van der Waals surface area (Å²) in [7, 11) is 5.98. The molecular weight excluding hydrogens is 222 g/mol. The van der Waals surface area contributed by atoms with Crippen molar-refractivity contribution in [1.29, 1.82) is 0 Å². The number of hydrogen-bond donors (Lipinski definition) is 0. The van der Waals surface area contributed by atoms with Crippen LogP contribution in [-0.4, -0.2) is 32.6 Å². The van der Waals surface area contributed by atoms with Gasteiger partial charge in [-0.3, -0.25) is 0 Å². The van der Waals surface area contributed by atoms with E-state index >= 15 is 0 Å². The highest BCUT2D eigenvalue weighted by molar-refractivity contribution is 5.39. The average molecular weight is 249 g/mol. The van der Waals surface area contributed by atoms with Crippen LogP contribution in [0.1, 0.15) is 38.3 Å². The van der Waals surface area contributed by atoms with E-state index < -0.39 is 0 Å². The van der Waals surface area contributed by atoms with Gasteiger partial charge in [0.2, 0.25) is 0 Å². The highest BCUT2D eigenvalue weighted by Gasteiger charge is 2.15. The van der Waals surface area contributed by atoms with E-state index in [4.69, 9.17) is 4.74 Å². The van der Waals surface area contributed by atoms with Crippen LogP contribution in [0, 0.1) is 0 Å². The van der Waals surface area contributed by atoms with Crippen molar-refractivity contribution in [3.63, 3.8) is 0 Å². The fourth-order valence-corrected chi connectivity index (χ4v) is 2.03. The molecular formula is C16H27NO. The van der Waals surface area contributed by atoms with Crippen LogP contribution in [0.2, 0.25) is 0 Å². The average Bonchev–Trinajstić information content (AvgIpc) is 2.27. The second-order valence-electron chi connectivity index (χ2n) is 6.18. The molecule has 0 bridgehead atoms. The molecule has 2 heteroatoms. The molecule has 0 saturated carbocycles. The van der Waals surface area contributed by atoms with Crippen molar-refractivity contribution < 1.29 is 4.74 Å². The van der Waals surface area contributed by atoms with Gasteiger partial charge in [-0.05, 0) is 56.1 Å². The van der Waals surface area contributed by atoms with E-state index in [0.717, 1.165) is 25.1 Å². The van der Waals surface area contributed by atoms with E-state index in [-0.39, 0.29) is 5.41 Å². The van der Waals surface area contributed by atoms with Gasteiger partial charge in [0, 0.05) is 0 Å². The van der Waals surface area contributed by atoms with Crippen LogP contribution in [0.5, 0.6) is 5.75 Å². The zero-order valence-electron chi connectivity index (χ0n) is 12.7. The van der Waals surface area contributed by atoms with Gasteiger partial charge in [-0.2, -0.15) is 0 Å². The Morgan fingerprint density at radius 3 is 2.33 bits per heavy atom. The van der Waals surface area contributed by atoms with Gasteiger partial charge in [-0.25, -0.2) is 0 Å². The summed E-state index contributed by atoms with van der Waals surface area (Å²) in [6, 6.07) is 6.58. The molecule has 0 unspecified atom stereocenters. The molecule has 0 N–H and O–H groups in total. The molecule has 0 spiro atoms. The van der Waals surface area contributed by atoms with Crippen LogP contribution in [0.15, 0.2) is 18.2 Å². The van der Waals surface area contributed by atoms with E-state index in [1.165, 1.54) is 11.1 Å². The Morgan fingerprint density at radius 2 is 1.83 bits per heavy atom. The van der Waals surface area contributed by atoms with Crippen molar-refractivity contribution in [3.05, 3.63) is 29.3 Å². The third-order valence-corrected chi connectivity index (χ3v) is 3.20. The van der Waals surface area contributed by atoms with Gasteiger partial charge in [0.25, 0.3) is 0 Å². The topological polar surface area (TPSA) is 12.5 Å². The van der Waals surface area contributed by atoms with Crippen LogP contribution in [0.3, 0.4) is 0 Å². The summed E-state index contributed by atoms with van der Waals surface area (Å²) in [5.74, 6) is 1.02. The highest BCUT2D eigenvalue weighted by Crippen LogP contribution is 2.28. The number of methoxy groups -OCH3 is 1. The molecule has 1 rings (SSSR count). The first-order valence-corrected chi connectivity index (χ1v) is 6.66. The molecule has 2 nitrogen and oxygen atoms in total. The first kappa shape index (κ1) is 15.0. The highest BCUT2D eigenvalue weighted by atomic mass is 16.5. The van der Waals surface area contributed by atoms with E-state index in [2.05, 4.69) is 58.0 Å². The van der Waals surface area contributed by atoms with E-state index in [1.54, 1.807) is 7.11 Å². The molecule has 0 radical (unpaired) electrons. The first-order valence-electron chi connectivity index (χ1n) is 6.66. The van der Waals surface area contributed by atoms with Crippen LogP contribution in [0.25, 0.3) is 0 Å². The van der Waals surface area contributed by atoms with Crippen molar-refractivity contribution in [2.45, 2.75) is 39.0 Å². The van der Waals surface area contributed by atoms with Crippen LogP contribution in [0.4, 0.5) is 0 Å². The lowest BCUT2D eigenvalue weighted by Crippen LogP contribution is -2.14. The standard InChI is InChI=1S/C16H27NO/c1-16(2,3)14-9-10-15(18-6)13(12-14)8-7-11-17(4)5/h9-10,12H,7-8,11H2,1-6H3. The smallest absolute Gasteiger partial charge is 0.122 e. The molecule has 0 aliphatic heterocycles. The summed E-state index contributed by atoms with van der Waals surface area (Å²) in [6.45, 7) is 7.86. The zero-order chi connectivity index (χ0) is 13.8. The molecule has 0 aromatic heterocycles. The van der Waals surface area contributed by atoms with Gasteiger partial charge < -0.3 is 9.64 Å². The van der Waals surface area contributed by atoms with Crippen LogP contribution >= 0.6 is 0 Å². The molecule has 0 amide bonds. The Balaban J connectivity index is 2.86. The normalized spacial score (nSPS) is 11.9. The first-order chi connectivity index (χ1) is 8.34. The largest absolute Gasteiger partial charge is 0.496 e. The van der Waals surface area contributed by atoms with Gasteiger partial charge in [0.1, 0.15) is 5.75 Å². The molecule has 0 fully saturated rings. The third-order valence-electron chi connectivity index (χ3n) is 3.20. The van der Waals surface area contributed by atoms with Crippen LogP contribution in [-0.2, 0) is 11.8 Å². The molecule has 1 aromatic rings. The molecule has 0 heterocycles. The van der Waals surface area contributed by atoms with Gasteiger partial charge in [-0.15, -0.1) is 0 Å². The lowest BCUT2D eigenvalue weighted by Gasteiger charge is -2.21. The fourth-order valence-electron chi connectivity index (χ4n) is 2.03. The minimum atomic E-state index is 0.197. The number of benzene rings is 1. The molecule has 1 aromatic carbocycles. The number of nitrogens with zero attached hydrogens (tertiary/aromatic N) is 1. The van der Waals surface area contributed by atoms with E-state index in [0.29, 0.717) is 0 Å². The maximum atomic E-state index is 5.46. The Bertz CT molecular complexity index is 377. The summed E-state index contributed by atoms with van der Waals surface area (Å²) in [4.78, 5) is 2.22. The van der Waals surface area contributed by atoms with Crippen molar-refractivity contribution in [3.8, 4) is 5.75 Å². The zero-order valence-corrected chi connectivity index (χ0v) is 12.7. The molecule has 102 valence electrons. The Kier molecular flexibility index (Phi) is 5.21. The number of ether oxygens (including phenoxy) is 1. The quantitative estimate of drug-likeness (QED) is 0.792. The molecule has 0 aliphatic carbocycles. The predicted molar refractivity (Wildman–Crippen MR) is 78.6 cm³/mol. The minimum absolute atomic E-state index is 0.197. The van der Waals surface area contributed by atoms with Gasteiger partial charge in [0.05, 0.1) is 7.11 Å². The Labute approximate surface area is 112 Å². The summed E-state index contributed by atoms with van der Waals surface area (Å²) in [6.07, 6.45) is 2.24. The summed E-state index contributed by atoms with van der Waals surface area (Å²) in [5.41, 5.74) is 2.90. The summed E-state index contributed by atoms with van der Waals surface area (Å²) < 4.78 is 5.46. The van der Waals surface area contributed by atoms with Crippen LogP contribution < -0.4 is 4.74 Å². The molecule has 0 atom stereocenters. The fraction of sp³-hybridized carbons (Fsp3) is 0.625. The maximum Gasteiger partial charge on any atom is 0.122 e.